The van der Waals surface area contributed by atoms with E-state index in [2.05, 4.69) is 29.1 Å². The highest BCUT2D eigenvalue weighted by Gasteiger charge is 2.17. The lowest BCUT2D eigenvalue weighted by Crippen LogP contribution is -2.17. The number of pyridine rings is 1. The van der Waals surface area contributed by atoms with Crippen molar-refractivity contribution in [3.63, 3.8) is 0 Å². The molecule has 0 bridgehead atoms. The molecule has 0 saturated heterocycles. The highest BCUT2D eigenvalue weighted by Crippen LogP contribution is 2.34. The van der Waals surface area contributed by atoms with Crippen molar-refractivity contribution in [3.8, 4) is 10.7 Å². The molecule has 102 valence electrons. The van der Waals surface area contributed by atoms with Crippen LogP contribution in [0.4, 0.5) is 0 Å². The minimum Gasteiger partial charge on any atom is -0.310 e. The molecule has 0 saturated carbocycles. The monoisotopic (exact) mass is 315 g/mol. The smallest absolute Gasteiger partial charge is 0.143 e. The van der Waals surface area contributed by atoms with Crippen LogP contribution in [0.3, 0.4) is 0 Å². The van der Waals surface area contributed by atoms with E-state index in [1.54, 1.807) is 23.6 Å². The van der Waals surface area contributed by atoms with Crippen LogP contribution in [-0.4, -0.2) is 16.5 Å². The first kappa shape index (κ1) is 14.7. The van der Waals surface area contributed by atoms with Crippen molar-refractivity contribution >= 4 is 34.5 Å². The molecule has 0 aliphatic rings. The molecular formula is C13H15Cl2N3S. The van der Waals surface area contributed by atoms with Crippen molar-refractivity contribution in [1.82, 2.24) is 15.3 Å². The molecule has 0 spiro atoms. The minimum atomic E-state index is 0.280. The molecular weight excluding hydrogens is 301 g/mol. The Balaban J connectivity index is 2.39. The number of rotatable bonds is 4. The van der Waals surface area contributed by atoms with Gasteiger partial charge in [0.2, 0.25) is 0 Å². The Morgan fingerprint density at radius 2 is 2.16 bits per heavy atom. The van der Waals surface area contributed by atoms with Crippen LogP contribution in [0.2, 0.25) is 10.0 Å². The fourth-order valence-electron chi connectivity index (χ4n) is 1.88. The Morgan fingerprint density at radius 1 is 1.42 bits per heavy atom. The molecule has 6 heteroatoms. The van der Waals surface area contributed by atoms with E-state index in [1.165, 1.54) is 4.88 Å². The number of halogens is 2. The number of nitrogens with one attached hydrogen (secondary N) is 1. The molecule has 1 N–H and O–H groups in total. The molecule has 0 aliphatic carbocycles. The number of thiazole rings is 1. The van der Waals surface area contributed by atoms with E-state index in [0.29, 0.717) is 15.7 Å². The van der Waals surface area contributed by atoms with Crippen molar-refractivity contribution in [1.29, 1.82) is 0 Å². The Hall–Kier alpha value is -0.680. The largest absolute Gasteiger partial charge is 0.310 e. The van der Waals surface area contributed by atoms with E-state index in [4.69, 9.17) is 23.2 Å². The summed E-state index contributed by atoms with van der Waals surface area (Å²) in [6, 6.07) is 1.97. The molecule has 19 heavy (non-hydrogen) atoms. The molecule has 3 nitrogen and oxygen atoms in total. The van der Waals surface area contributed by atoms with Crippen LogP contribution < -0.4 is 5.32 Å². The Morgan fingerprint density at radius 3 is 2.79 bits per heavy atom. The topological polar surface area (TPSA) is 37.8 Å². The van der Waals surface area contributed by atoms with Crippen molar-refractivity contribution < 1.29 is 0 Å². The van der Waals surface area contributed by atoms with Gasteiger partial charge in [0.25, 0.3) is 0 Å². The number of hydrogen-bond donors (Lipinski definition) is 1. The maximum atomic E-state index is 6.17. The quantitative estimate of drug-likeness (QED) is 0.903. The van der Waals surface area contributed by atoms with Crippen molar-refractivity contribution in [2.24, 2.45) is 0 Å². The van der Waals surface area contributed by atoms with Gasteiger partial charge >= 0.3 is 0 Å². The highest BCUT2D eigenvalue weighted by atomic mass is 35.5. The average Bonchev–Trinajstić information content (AvgIpc) is 2.71. The third-order valence-electron chi connectivity index (χ3n) is 2.75. The molecule has 0 aliphatic heterocycles. The van der Waals surface area contributed by atoms with Crippen LogP contribution in [0.15, 0.2) is 12.3 Å². The van der Waals surface area contributed by atoms with Crippen molar-refractivity contribution in [3.05, 3.63) is 32.9 Å². The first-order valence-corrected chi connectivity index (χ1v) is 7.62. The van der Waals surface area contributed by atoms with E-state index in [1.807, 2.05) is 6.92 Å². The van der Waals surface area contributed by atoms with E-state index in [0.717, 1.165) is 17.2 Å². The second kappa shape index (κ2) is 6.18. The van der Waals surface area contributed by atoms with Gasteiger partial charge in [-0.3, -0.25) is 4.98 Å². The van der Waals surface area contributed by atoms with Gasteiger partial charge in [-0.1, -0.05) is 30.1 Å². The third kappa shape index (κ3) is 3.26. The zero-order chi connectivity index (χ0) is 14.0. The maximum absolute atomic E-state index is 6.17. The summed E-state index contributed by atoms with van der Waals surface area (Å²) in [6.07, 6.45) is 1.59. The van der Waals surface area contributed by atoms with Gasteiger partial charge in [0.1, 0.15) is 10.7 Å². The average molecular weight is 316 g/mol. The van der Waals surface area contributed by atoms with Crippen LogP contribution >= 0.6 is 34.5 Å². The van der Waals surface area contributed by atoms with E-state index < -0.39 is 0 Å². The maximum Gasteiger partial charge on any atom is 0.143 e. The van der Waals surface area contributed by atoms with E-state index in [9.17, 15) is 0 Å². The zero-order valence-electron chi connectivity index (χ0n) is 11.0. The summed E-state index contributed by atoms with van der Waals surface area (Å²) in [7, 11) is 0. The fraction of sp³-hybridized carbons (Fsp3) is 0.385. The van der Waals surface area contributed by atoms with E-state index in [-0.39, 0.29) is 6.04 Å². The van der Waals surface area contributed by atoms with E-state index >= 15 is 0 Å². The van der Waals surface area contributed by atoms with Gasteiger partial charge in [-0.05, 0) is 26.5 Å². The molecule has 2 aromatic rings. The lowest BCUT2D eigenvalue weighted by Gasteiger charge is -2.09. The Labute approximate surface area is 127 Å². The van der Waals surface area contributed by atoms with Gasteiger partial charge in [-0.25, -0.2) is 4.98 Å². The van der Waals surface area contributed by atoms with Crippen LogP contribution in [0.1, 0.15) is 30.5 Å². The van der Waals surface area contributed by atoms with Crippen LogP contribution in [0, 0.1) is 6.92 Å². The number of aryl methyl sites for hydroxylation is 1. The molecule has 1 unspecified atom stereocenters. The number of nitrogens with zero attached hydrogens (tertiary/aromatic N) is 2. The molecule has 2 heterocycles. The van der Waals surface area contributed by atoms with Crippen LogP contribution in [-0.2, 0) is 0 Å². The second-order valence-corrected chi connectivity index (χ2v) is 6.11. The molecule has 0 amide bonds. The zero-order valence-corrected chi connectivity index (χ0v) is 13.3. The summed E-state index contributed by atoms with van der Waals surface area (Å²) in [4.78, 5) is 10.0. The third-order valence-corrected chi connectivity index (χ3v) is 4.59. The normalized spacial score (nSPS) is 12.7. The molecule has 0 aromatic carbocycles. The summed E-state index contributed by atoms with van der Waals surface area (Å²) in [5.74, 6) is 0. The molecule has 2 rings (SSSR count). The van der Waals surface area contributed by atoms with Gasteiger partial charge < -0.3 is 5.32 Å². The van der Waals surface area contributed by atoms with Crippen molar-refractivity contribution in [2.75, 3.05) is 6.54 Å². The first-order chi connectivity index (χ1) is 9.02. The van der Waals surface area contributed by atoms with Gasteiger partial charge in [-0.2, -0.15) is 0 Å². The number of hydrogen-bond acceptors (Lipinski definition) is 4. The Kier molecular flexibility index (Phi) is 4.79. The predicted molar refractivity (Wildman–Crippen MR) is 82.2 cm³/mol. The minimum absolute atomic E-state index is 0.280. The fourth-order valence-corrected chi connectivity index (χ4v) is 3.51. The standard InChI is InChI=1S/C13H15Cl2N3S/c1-4-16-7(2)12-8(3)18-13(19-12)11-10(15)5-9(14)6-17-11/h5-7,16H,4H2,1-3H3. The predicted octanol–water partition coefficient (Wildman–Crippen LogP) is 4.49. The van der Waals surface area contributed by atoms with Crippen LogP contribution in [0.25, 0.3) is 10.7 Å². The first-order valence-electron chi connectivity index (χ1n) is 6.05. The summed E-state index contributed by atoms with van der Waals surface area (Å²) in [5, 5.41) is 5.28. The highest BCUT2D eigenvalue weighted by molar-refractivity contribution is 7.15. The Bertz CT molecular complexity index is 583. The van der Waals surface area contributed by atoms with Crippen molar-refractivity contribution in [2.45, 2.75) is 26.8 Å². The van der Waals surface area contributed by atoms with Gasteiger partial charge in [-0.15, -0.1) is 11.3 Å². The van der Waals surface area contributed by atoms with Gasteiger partial charge in [0.05, 0.1) is 15.7 Å². The SMILES string of the molecule is CCNC(C)c1sc(-c2ncc(Cl)cc2Cl)nc1C. The lowest BCUT2D eigenvalue weighted by atomic mass is 10.2. The summed E-state index contributed by atoms with van der Waals surface area (Å²) < 4.78 is 0. The number of aromatic nitrogens is 2. The van der Waals surface area contributed by atoms with Gasteiger partial charge in [0, 0.05) is 17.1 Å². The summed E-state index contributed by atoms with van der Waals surface area (Å²) in [6.45, 7) is 7.15. The molecule has 1 atom stereocenters. The van der Waals surface area contributed by atoms with Crippen LogP contribution in [0.5, 0.6) is 0 Å². The molecule has 0 fully saturated rings. The van der Waals surface area contributed by atoms with Gasteiger partial charge in [0.15, 0.2) is 0 Å². The summed E-state index contributed by atoms with van der Waals surface area (Å²) >= 11 is 13.6. The second-order valence-electron chi connectivity index (χ2n) is 4.23. The summed E-state index contributed by atoms with van der Waals surface area (Å²) in [5.41, 5.74) is 1.70. The molecule has 2 aromatic heterocycles. The lowest BCUT2D eigenvalue weighted by molar-refractivity contribution is 0.603. The molecule has 0 radical (unpaired) electrons.